The fraction of sp³-hybridized carbons (Fsp3) is 0.0952. The van der Waals surface area contributed by atoms with Crippen LogP contribution < -0.4 is 21.3 Å². The Bertz CT molecular complexity index is 1220. The molecule has 4 aromatic rings. The number of hydrogen-bond donors (Lipinski definition) is 3. The van der Waals surface area contributed by atoms with Crippen LogP contribution in [0.3, 0.4) is 0 Å². The van der Waals surface area contributed by atoms with Crippen molar-refractivity contribution in [3.8, 4) is 0 Å². The number of anilines is 2. The van der Waals surface area contributed by atoms with Gasteiger partial charge < -0.3 is 8.83 Å². The quantitative estimate of drug-likeness (QED) is 0.498. The predicted molar refractivity (Wildman–Crippen MR) is 105 cm³/mol. The van der Waals surface area contributed by atoms with Gasteiger partial charge in [0.25, 0.3) is 0 Å². The van der Waals surface area contributed by atoms with Crippen molar-refractivity contribution in [2.45, 2.75) is 13.0 Å². The average molecular weight is 373 g/mol. The third-order valence-corrected chi connectivity index (χ3v) is 4.71. The van der Waals surface area contributed by atoms with Crippen molar-refractivity contribution < 1.29 is 13.8 Å². The van der Waals surface area contributed by atoms with Crippen molar-refractivity contribution in [1.29, 1.82) is 0 Å². The first kappa shape index (κ1) is 16.3. The molecule has 138 valence electrons. The Balaban J connectivity index is 1.59. The maximum absolute atomic E-state index is 12.5. The van der Waals surface area contributed by atoms with Crippen molar-refractivity contribution in [2.24, 2.45) is 0 Å². The first-order chi connectivity index (χ1) is 13.7. The Morgan fingerprint density at radius 1 is 1.11 bits per heavy atom. The molecule has 0 unspecified atom stereocenters. The summed E-state index contributed by atoms with van der Waals surface area (Å²) in [7, 11) is 0. The van der Waals surface area contributed by atoms with E-state index in [9.17, 15) is 4.79 Å². The average Bonchev–Trinajstić information content (AvgIpc) is 3.13. The summed E-state index contributed by atoms with van der Waals surface area (Å²) in [5, 5.41) is 6.37. The molecule has 0 saturated carbocycles. The van der Waals surface area contributed by atoms with E-state index in [0.717, 1.165) is 16.6 Å². The summed E-state index contributed by atoms with van der Waals surface area (Å²) in [6, 6.07) is 17.3. The molecule has 0 radical (unpaired) electrons. The largest absolute Gasteiger partial charge is 0.431 e. The summed E-state index contributed by atoms with van der Waals surface area (Å²) in [5.74, 6) is 0.571. The summed E-state index contributed by atoms with van der Waals surface area (Å²) in [4.78, 5) is 20.2. The van der Waals surface area contributed by atoms with Crippen LogP contribution in [0.1, 0.15) is 22.7 Å². The molecule has 0 fully saturated rings. The zero-order valence-corrected chi connectivity index (χ0v) is 15.0. The van der Waals surface area contributed by atoms with Crippen LogP contribution in [0, 0.1) is 6.92 Å². The van der Waals surface area contributed by atoms with E-state index in [4.69, 9.17) is 8.83 Å². The van der Waals surface area contributed by atoms with Gasteiger partial charge in [0.2, 0.25) is 0 Å². The summed E-state index contributed by atoms with van der Waals surface area (Å²) in [5.41, 5.74) is 4.09. The van der Waals surface area contributed by atoms with Crippen LogP contribution in [-0.2, 0) is 0 Å². The van der Waals surface area contributed by atoms with Gasteiger partial charge in [0, 0.05) is 5.56 Å². The smallest absolute Gasteiger partial charge is 0.365 e. The van der Waals surface area contributed by atoms with Crippen LogP contribution in [0.25, 0.3) is 11.1 Å². The molecular weight excluding hydrogens is 356 g/mol. The topological polar surface area (TPSA) is 94.3 Å². The lowest BCUT2D eigenvalue weighted by Crippen LogP contribution is -2.80. The van der Waals surface area contributed by atoms with Crippen molar-refractivity contribution in [3.05, 3.63) is 88.0 Å². The van der Waals surface area contributed by atoms with Crippen LogP contribution in [0.2, 0.25) is 0 Å². The van der Waals surface area contributed by atoms with Crippen molar-refractivity contribution in [3.63, 3.8) is 0 Å². The van der Waals surface area contributed by atoms with Gasteiger partial charge in [-0.2, -0.15) is 10.3 Å². The highest BCUT2D eigenvalue weighted by atomic mass is 16.4. The standard InChI is InChI=1S/C21H16N4O3/c1-12-11-27-19(26)16-17(12)23-20(24-18(16)13-7-3-2-4-8-13)25-21-22-14-9-5-6-10-15(14)28-21/h2-11,18H,1H3,(H2,22,23,24,25)/p+1/t18-/m1/s1. The number of aromatic nitrogens is 1. The molecular formula is C21H17N4O3+. The molecule has 1 atom stereocenters. The minimum absolute atomic E-state index is 0.354. The number of nitrogens with zero attached hydrogens (tertiary/aromatic N) is 1. The van der Waals surface area contributed by atoms with Crippen LogP contribution in [0.4, 0.5) is 11.7 Å². The molecule has 28 heavy (non-hydrogen) atoms. The molecule has 3 heterocycles. The summed E-state index contributed by atoms with van der Waals surface area (Å²) < 4.78 is 11.0. The molecule has 0 spiro atoms. The van der Waals surface area contributed by atoms with E-state index in [1.165, 1.54) is 6.26 Å². The van der Waals surface area contributed by atoms with Gasteiger partial charge in [0.15, 0.2) is 5.58 Å². The Hall–Kier alpha value is -3.87. The van der Waals surface area contributed by atoms with E-state index < -0.39 is 0 Å². The molecule has 5 rings (SSSR count). The number of oxazole rings is 1. The first-order valence-corrected chi connectivity index (χ1v) is 8.89. The Morgan fingerprint density at radius 3 is 2.71 bits per heavy atom. The third kappa shape index (κ3) is 2.73. The highest BCUT2D eigenvalue weighted by Crippen LogP contribution is 2.27. The lowest BCUT2D eigenvalue weighted by atomic mass is 9.97. The van der Waals surface area contributed by atoms with Gasteiger partial charge in [0.05, 0.1) is 0 Å². The molecule has 0 saturated heterocycles. The number of rotatable bonds is 2. The number of nitrogens with one attached hydrogen (secondary N) is 3. The Kier molecular flexibility index (Phi) is 3.72. The fourth-order valence-corrected chi connectivity index (χ4v) is 3.38. The van der Waals surface area contributed by atoms with E-state index in [-0.39, 0.29) is 11.7 Å². The molecule has 2 aromatic heterocycles. The number of benzene rings is 2. The van der Waals surface area contributed by atoms with Crippen LogP contribution in [-0.4, -0.2) is 10.9 Å². The number of guanidine groups is 1. The van der Waals surface area contributed by atoms with Crippen LogP contribution in [0.15, 0.2) is 74.5 Å². The zero-order chi connectivity index (χ0) is 19.1. The fourth-order valence-electron chi connectivity index (χ4n) is 3.38. The van der Waals surface area contributed by atoms with Gasteiger partial charge in [-0.25, -0.2) is 10.1 Å². The molecule has 1 aliphatic rings. The van der Waals surface area contributed by atoms with Crippen LogP contribution in [0.5, 0.6) is 0 Å². The highest BCUT2D eigenvalue weighted by molar-refractivity contribution is 6.01. The SMILES string of the molecule is Cc1coc(=O)c2c1NC(Nc1nc3ccccc3o1)=[NH+][C@@H]2c1ccccc1. The maximum atomic E-state index is 12.5. The molecule has 0 amide bonds. The predicted octanol–water partition coefficient (Wildman–Crippen LogP) is 2.15. The van der Waals surface area contributed by atoms with Gasteiger partial charge in [-0.3, -0.25) is 4.99 Å². The zero-order valence-electron chi connectivity index (χ0n) is 15.0. The van der Waals surface area contributed by atoms with Crippen molar-refractivity contribution in [2.75, 3.05) is 10.6 Å². The molecule has 2 aromatic carbocycles. The monoisotopic (exact) mass is 373 g/mol. The van der Waals surface area contributed by atoms with Gasteiger partial charge in [-0.1, -0.05) is 42.5 Å². The molecule has 7 heteroatoms. The summed E-state index contributed by atoms with van der Waals surface area (Å²) in [6.45, 7) is 1.89. The van der Waals surface area contributed by atoms with E-state index in [0.29, 0.717) is 28.8 Å². The molecule has 3 N–H and O–H groups in total. The Labute approximate surface area is 159 Å². The first-order valence-electron chi connectivity index (χ1n) is 8.89. The molecule has 0 bridgehead atoms. The lowest BCUT2D eigenvalue weighted by molar-refractivity contribution is -0.499. The lowest BCUT2D eigenvalue weighted by Gasteiger charge is -2.21. The minimum atomic E-state index is -0.379. The molecule has 1 aliphatic heterocycles. The van der Waals surface area contributed by atoms with Gasteiger partial charge in [-0.15, -0.1) is 0 Å². The number of para-hydroxylation sites is 2. The normalized spacial score (nSPS) is 15.6. The number of aryl methyl sites for hydroxylation is 1. The minimum Gasteiger partial charge on any atom is -0.431 e. The highest BCUT2D eigenvalue weighted by Gasteiger charge is 2.32. The second-order valence-corrected chi connectivity index (χ2v) is 6.59. The van der Waals surface area contributed by atoms with Gasteiger partial charge >= 0.3 is 17.6 Å². The van der Waals surface area contributed by atoms with Gasteiger partial charge in [-0.05, 0) is 24.6 Å². The second kappa shape index (κ2) is 6.38. The van der Waals surface area contributed by atoms with Crippen LogP contribution >= 0.6 is 0 Å². The van der Waals surface area contributed by atoms with E-state index in [1.807, 2.05) is 61.5 Å². The molecule has 7 nitrogen and oxygen atoms in total. The van der Waals surface area contributed by atoms with Crippen molar-refractivity contribution >= 4 is 28.8 Å². The van der Waals surface area contributed by atoms with Gasteiger partial charge in [0.1, 0.15) is 29.1 Å². The number of hydrogen-bond acceptors (Lipinski definition) is 6. The van der Waals surface area contributed by atoms with E-state index >= 15 is 0 Å². The second-order valence-electron chi connectivity index (χ2n) is 6.59. The summed E-state index contributed by atoms with van der Waals surface area (Å²) >= 11 is 0. The summed E-state index contributed by atoms with van der Waals surface area (Å²) in [6.07, 6.45) is 1.46. The van der Waals surface area contributed by atoms with E-state index in [2.05, 4.69) is 20.6 Å². The number of fused-ring (bicyclic) bond motifs is 2. The van der Waals surface area contributed by atoms with Crippen molar-refractivity contribution in [1.82, 2.24) is 4.98 Å². The molecule has 0 aliphatic carbocycles. The maximum Gasteiger partial charge on any atom is 0.365 e. The van der Waals surface area contributed by atoms with E-state index in [1.54, 1.807) is 0 Å². The third-order valence-electron chi connectivity index (χ3n) is 4.71. The Morgan fingerprint density at radius 2 is 1.89 bits per heavy atom.